The fourth-order valence-electron chi connectivity index (χ4n) is 4.74. The summed E-state index contributed by atoms with van der Waals surface area (Å²) in [7, 11) is 0. The zero-order chi connectivity index (χ0) is 21.6. The molecule has 2 fully saturated rings. The van der Waals surface area contributed by atoms with Gasteiger partial charge in [-0.3, -0.25) is 4.79 Å². The van der Waals surface area contributed by atoms with E-state index in [2.05, 4.69) is 27.5 Å². The van der Waals surface area contributed by atoms with Crippen LogP contribution in [0, 0.1) is 19.8 Å². The Labute approximate surface area is 185 Å². The van der Waals surface area contributed by atoms with Crippen LogP contribution in [0.2, 0.25) is 0 Å². The number of hydrogen-bond acceptors (Lipinski definition) is 5. The number of carbonyl (C=O) groups is 1. The zero-order valence-electron chi connectivity index (χ0n) is 18.9. The van der Waals surface area contributed by atoms with Crippen molar-refractivity contribution in [3.05, 3.63) is 46.8 Å². The van der Waals surface area contributed by atoms with E-state index >= 15 is 0 Å². The topological polar surface area (TPSA) is 67.6 Å². The van der Waals surface area contributed by atoms with Gasteiger partial charge in [-0.05, 0) is 57.2 Å². The number of piperidine rings is 1. The second-order valence-electron chi connectivity index (χ2n) is 9.05. The van der Waals surface area contributed by atoms with Gasteiger partial charge in [0.2, 0.25) is 5.91 Å². The molecule has 6 heteroatoms. The molecule has 1 saturated carbocycles. The molecule has 2 aliphatic rings. The lowest BCUT2D eigenvalue weighted by molar-refractivity contribution is -0.137. The van der Waals surface area contributed by atoms with Gasteiger partial charge in [0.1, 0.15) is 18.1 Å². The molecule has 31 heavy (non-hydrogen) atoms. The molecule has 1 aliphatic heterocycles. The molecule has 1 aromatic heterocycles. The second-order valence-corrected chi connectivity index (χ2v) is 9.05. The molecule has 1 aromatic carbocycles. The Morgan fingerprint density at radius 3 is 2.45 bits per heavy atom. The lowest BCUT2D eigenvalue weighted by atomic mass is 9.87. The first-order valence-corrected chi connectivity index (χ1v) is 11.8. The minimum Gasteiger partial charge on any atom is -0.489 e. The molecule has 2 aromatic rings. The summed E-state index contributed by atoms with van der Waals surface area (Å²) in [5.41, 5.74) is 3.13. The van der Waals surface area contributed by atoms with Crippen LogP contribution < -0.4 is 10.1 Å². The summed E-state index contributed by atoms with van der Waals surface area (Å²) < 4.78 is 11.1. The third-order valence-corrected chi connectivity index (χ3v) is 6.84. The van der Waals surface area contributed by atoms with Crippen LogP contribution in [0.25, 0.3) is 0 Å². The summed E-state index contributed by atoms with van der Waals surface area (Å²) in [6.45, 7) is 6.93. The summed E-state index contributed by atoms with van der Waals surface area (Å²) in [4.78, 5) is 14.8. The molecule has 1 saturated heterocycles. The molecule has 0 atom stereocenters. The molecule has 4 rings (SSSR count). The maximum Gasteiger partial charge on any atom is 0.225 e. The largest absolute Gasteiger partial charge is 0.489 e. The van der Waals surface area contributed by atoms with Crippen molar-refractivity contribution in [3.63, 3.8) is 0 Å². The maximum atomic E-state index is 12.7. The Kier molecular flexibility index (Phi) is 7.28. The van der Waals surface area contributed by atoms with Crippen molar-refractivity contribution in [2.24, 2.45) is 5.92 Å². The quantitative estimate of drug-likeness (QED) is 0.706. The molecule has 0 unspecified atom stereocenters. The Balaban J connectivity index is 1.18. The molecule has 1 amide bonds. The molecule has 1 aliphatic carbocycles. The van der Waals surface area contributed by atoms with Gasteiger partial charge in [0.25, 0.3) is 0 Å². The molecule has 168 valence electrons. The van der Waals surface area contributed by atoms with Crippen LogP contribution in [0.5, 0.6) is 5.75 Å². The Morgan fingerprint density at radius 1 is 1.10 bits per heavy atom. The molecule has 1 N–H and O–H groups in total. The number of benzene rings is 1. The predicted octanol–water partition coefficient (Wildman–Crippen LogP) is 4.53. The molecule has 2 heterocycles. The van der Waals surface area contributed by atoms with E-state index in [0.717, 1.165) is 68.1 Å². The number of nitrogens with one attached hydrogen (secondary N) is 1. The standard InChI is InChI=1S/C25H35N3O3/c1-18-24(19(2)31-27-18)17-30-23-10-8-20(9-11-23)16-26-22-12-14-28(15-13-22)25(29)21-6-4-3-5-7-21/h8-11,21-22,26H,3-7,12-17H2,1-2H3. The average Bonchev–Trinajstić information content (AvgIpc) is 3.14. The monoisotopic (exact) mass is 425 g/mol. The normalized spacial score (nSPS) is 18.3. The fraction of sp³-hybridized carbons (Fsp3) is 0.600. The summed E-state index contributed by atoms with van der Waals surface area (Å²) in [5, 5.41) is 7.63. The number of aryl methyl sites for hydroxylation is 2. The van der Waals surface area contributed by atoms with Crippen LogP contribution in [-0.4, -0.2) is 35.1 Å². The first kappa shape index (κ1) is 21.9. The highest BCUT2D eigenvalue weighted by Gasteiger charge is 2.28. The van der Waals surface area contributed by atoms with Crippen molar-refractivity contribution in [1.29, 1.82) is 0 Å². The van der Waals surface area contributed by atoms with E-state index in [0.29, 0.717) is 18.6 Å². The van der Waals surface area contributed by atoms with Crippen molar-refractivity contribution < 1.29 is 14.1 Å². The van der Waals surface area contributed by atoms with Gasteiger partial charge in [0, 0.05) is 31.6 Å². The number of carbonyl (C=O) groups excluding carboxylic acids is 1. The van der Waals surface area contributed by atoms with Crippen molar-refractivity contribution in [3.8, 4) is 5.75 Å². The van der Waals surface area contributed by atoms with Crippen molar-refractivity contribution >= 4 is 5.91 Å². The Hall–Kier alpha value is -2.34. The van der Waals surface area contributed by atoms with Gasteiger partial charge in [0.05, 0.1) is 11.3 Å². The first-order valence-electron chi connectivity index (χ1n) is 11.8. The number of amides is 1. The molecular weight excluding hydrogens is 390 g/mol. The third-order valence-electron chi connectivity index (χ3n) is 6.84. The van der Waals surface area contributed by atoms with E-state index in [1.165, 1.54) is 24.8 Å². The second kappa shape index (κ2) is 10.3. The number of hydrogen-bond donors (Lipinski definition) is 1. The maximum absolute atomic E-state index is 12.7. The number of likely N-dealkylation sites (tertiary alicyclic amines) is 1. The lowest BCUT2D eigenvalue weighted by Crippen LogP contribution is -2.46. The average molecular weight is 426 g/mol. The number of ether oxygens (including phenoxy) is 1. The van der Waals surface area contributed by atoms with Gasteiger partial charge in [0.15, 0.2) is 0 Å². The third kappa shape index (κ3) is 5.67. The SMILES string of the molecule is Cc1noc(C)c1COc1ccc(CNC2CCN(C(=O)C3CCCCC3)CC2)cc1. The summed E-state index contributed by atoms with van der Waals surface area (Å²) in [5.74, 6) is 2.35. The summed E-state index contributed by atoms with van der Waals surface area (Å²) in [6.07, 6.45) is 8.00. The summed E-state index contributed by atoms with van der Waals surface area (Å²) >= 11 is 0. The number of nitrogens with zero attached hydrogens (tertiary/aromatic N) is 2. The zero-order valence-corrected chi connectivity index (χ0v) is 18.9. The number of rotatable bonds is 7. The van der Waals surface area contributed by atoms with Crippen LogP contribution in [0.3, 0.4) is 0 Å². The highest BCUT2D eigenvalue weighted by molar-refractivity contribution is 5.79. The molecule has 6 nitrogen and oxygen atoms in total. The Morgan fingerprint density at radius 2 is 1.81 bits per heavy atom. The van der Waals surface area contributed by atoms with Gasteiger partial charge in [-0.15, -0.1) is 0 Å². The van der Waals surface area contributed by atoms with Crippen LogP contribution in [0.15, 0.2) is 28.8 Å². The van der Waals surface area contributed by atoms with Crippen molar-refractivity contribution in [2.75, 3.05) is 13.1 Å². The van der Waals surface area contributed by atoms with Crippen LogP contribution >= 0.6 is 0 Å². The highest BCUT2D eigenvalue weighted by atomic mass is 16.5. The fourth-order valence-corrected chi connectivity index (χ4v) is 4.74. The highest BCUT2D eigenvalue weighted by Crippen LogP contribution is 2.26. The minimum atomic E-state index is 0.289. The van der Waals surface area contributed by atoms with E-state index in [4.69, 9.17) is 9.26 Å². The van der Waals surface area contributed by atoms with Gasteiger partial charge >= 0.3 is 0 Å². The van der Waals surface area contributed by atoms with E-state index in [1.807, 2.05) is 26.0 Å². The van der Waals surface area contributed by atoms with Crippen molar-refractivity contribution in [1.82, 2.24) is 15.4 Å². The van der Waals surface area contributed by atoms with Gasteiger partial charge in [-0.1, -0.05) is 36.6 Å². The molecule has 0 bridgehead atoms. The van der Waals surface area contributed by atoms with E-state index in [1.54, 1.807) is 0 Å². The van der Waals surface area contributed by atoms with E-state index < -0.39 is 0 Å². The molecule has 0 radical (unpaired) electrons. The van der Waals surface area contributed by atoms with Crippen LogP contribution in [0.1, 0.15) is 67.5 Å². The van der Waals surface area contributed by atoms with Gasteiger partial charge < -0.3 is 19.5 Å². The van der Waals surface area contributed by atoms with E-state index in [-0.39, 0.29) is 5.92 Å². The summed E-state index contributed by atoms with van der Waals surface area (Å²) in [6, 6.07) is 8.72. The molecular formula is C25H35N3O3. The van der Waals surface area contributed by atoms with Crippen molar-refractivity contribution in [2.45, 2.75) is 78.0 Å². The van der Waals surface area contributed by atoms with Crippen LogP contribution in [0.4, 0.5) is 0 Å². The Bertz CT molecular complexity index is 828. The molecule has 0 spiro atoms. The minimum absolute atomic E-state index is 0.289. The predicted molar refractivity (Wildman–Crippen MR) is 120 cm³/mol. The van der Waals surface area contributed by atoms with Gasteiger partial charge in [-0.2, -0.15) is 0 Å². The first-order chi connectivity index (χ1) is 15.1. The number of aromatic nitrogens is 1. The van der Waals surface area contributed by atoms with Crippen LogP contribution in [-0.2, 0) is 17.9 Å². The smallest absolute Gasteiger partial charge is 0.225 e. The van der Waals surface area contributed by atoms with Gasteiger partial charge in [-0.25, -0.2) is 0 Å². The lowest BCUT2D eigenvalue weighted by Gasteiger charge is -2.35. The van der Waals surface area contributed by atoms with E-state index in [9.17, 15) is 4.79 Å².